The Morgan fingerprint density at radius 1 is 1.39 bits per heavy atom. The van der Waals surface area contributed by atoms with Gasteiger partial charge in [0.1, 0.15) is 5.75 Å². The number of halogens is 3. The molecule has 0 fully saturated rings. The van der Waals surface area contributed by atoms with Crippen molar-refractivity contribution in [3.05, 3.63) is 23.3 Å². The van der Waals surface area contributed by atoms with Gasteiger partial charge in [-0.05, 0) is 37.3 Å². The summed E-state index contributed by atoms with van der Waals surface area (Å²) in [5.74, 6) is 0.234. The normalized spacial score (nSPS) is 13.5. The van der Waals surface area contributed by atoms with Gasteiger partial charge in [-0.15, -0.1) is 11.8 Å². The summed E-state index contributed by atoms with van der Waals surface area (Å²) in [6.07, 6.45) is -2.28. The van der Waals surface area contributed by atoms with E-state index in [1.165, 1.54) is 13.2 Å². The number of hydrogen-bond donors (Lipinski definition) is 1. The van der Waals surface area contributed by atoms with Crippen LogP contribution in [0.4, 0.5) is 13.2 Å². The first-order valence-corrected chi connectivity index (χ1v) is 6.59. The minimum atomic E-state index is -4.38. The third-order valence-corrected chi connectivity index (χ3v) is 3.23. The van der Waals surface area contributed by atoms with Crippen molar-refractivity contribution in [3.8, 4) is 5.75 Å². The van der Waals surface area contributed by atoms with Crippen molar-refractivity contribution in [1.82, 2.24) is 0 Å². The molecular formula is C12H16F3NOS. The van der Waals surface area contributed by atoms with E-state index in [-0.39, 0.29) is 16.7 Å². The standard InChI is InChI=1S/C12H16F3NOS/c1-7(16)4-8-5-11(18-3)9(12(13,14)15)6-10(8)17-2/h5-7H,4,16H2,1-3H3. The molecular weight excluding hydrogens is 263 g/mol. The molecule has 2 N–H and O–H groups in total. The van der Waals surface area contributed by atoms with Crippen molar-refractivity contribution < 1.29 is 17.9 Å². The summed E-state index contributed by atoms with van der Waals surface area (Å²) in [5.41, 5.74) is 5.71. The zero-order valence-electron chi connectivity index (χ0n) is 10.5. The lowest BCUT2D eigenvalue weighted by Crippen LogP contribution is -2.19. The molecule has 2 nitrogen and oxygen atoms in total. The van der Waals surface area contributed by atoms with Gasteiger partial charge in [-0.3, -0.25) is 0 Å². The zero-order chi connectivity index (χ0) is 13.9. The Hall–Kier alpha value is -0.880. The molecule has 0 radical (unpaired) electrons. The molecule has 0 heterocycles. The van der Waals surface area contributed by atoms with Gasteiger partial charge >= 0.3 is 6.18 Å². The zero-order valence-corrected chi connectivity index (χ0v) is 11.3. The molecule has 0 aliphatic rings. The number of ether oxygens (including phenoxy) is 1. The van der Waals surface area contributed by atoms with Crippen molar-refractivity contribution in [1.29, 1.82) is 0 Å². The predicted molar refractivity (Wildman–Crippen MR) is 67.1 cm³/mol. The van der Waals surface area contributed by atoms with E-state index in [1.54, 1.807) is 13.2 Å². The molecule has 0 aromatic heterocycles. The van der Waals surface area contributed by atoms with Crippen molar-refractivity contribution in [3.63, 3.8) is 0 Å². The topological polar surface area (TPSA) is 35.2 Å². The number of benzene rings is 1. The summed E-state index contributed by atoms with van der Waals surface area (Å²) in [6.45, 7) is 1.80. The van der Waals surface area contributed by atoms with Crippen LogP contribution in [0.1, 0.15) is 18.1 Å². The maximum atomic E-state index is 12.9. The van der Waals surface area contributed by atoms with Crippen molar-refractivity contribution in [2.75, 3.05) is 13.4 Å². The van der Waals surface area contributed by atoms with Crippen molar-refractivity contribution in [2.24, 2.45) is 5.73 Å². The van der Waals surface area contributed by atoms with E-state index in [4.69, 9.17) is 10.5 Å². The quantitative estimate of drug-likeness (QED) is 0.859. The largest absolute Gasteiger partial charge is 0.496 e. The molecule has 0 saturated carbocycles. The van der Waals surface area contributed by atoms with Crippen LogP contribution in [0.5, 0.6) is 5.75 Å². The number of thioether (sulfide) groups is 1. The summed E-state index contributed by atoms with van der Waals surface area (Å²) in [5, 5.41) is 0. The van der Waals surface area contributed by atoms with Crippen LogP contribution in [0.3, 0.4) is 0 Å². The van der Waals surface area contributed by atoms with Crippen LogP contribution in [0, 0.1) is 0 Å². The first-order valence-electron chi connectivity index (χ1n) is 5.37. The minimum absolute atomic E-state index is 0.134. The Balaban J connectivity index is 3.32. The van der Waals surface area contributed by atoms with Crippen LogP contribution >= 0.6 is 11.8 Å². The van der Waals surface area contributed by atoms with Gasteiger partial charge in [0.15, 0.2) is 0 Å². The predicted octanol–water partition coefficient (Wildman–Crippen LogP) is 3.33. The van der Waals surface area contributed by atoms with E-state index in [9.17, 15) is 13.2 Å². The van der Waals surface area contributed by atoms with Gasteiger partial charge in [0.2, 0.25) is 0 Å². The molecule has 6 heteroatoms. The number of hydrogen-bond acceptors (Lipinski definition) is 3. The Labute approximate surface area is 109 Å². The Bertz CT molecular complexity index is 419. The van der Waals surface area contributed by atoms with Crippen molar-refractivity contribution >= 4 is 11.8 Å². The minimum Gasteiger partial charge on any atom is -0.496 e. The van der Waals surface area contributed by atoms with Crippen LogP contribution in [0.2, 0.25) is 0 Å². The number of methoxy groups -OCH3 is 1. The highest BCUT2D eigenvalue weighted by Crippen LogP contribution is 2.39. The molecule has 18 heavy (non-hydrogen) atoms. The SMILES string of the molecule is COc1cc(C(F)(F)F)c(SC)cc1CC(C)N. The highest BCUT2D eigenvalue weighted by Gasteiger charge is 2.34. The fourth-order valence-electron chi connectivity index (χ4n) is 1.69. The second-order valence-corrected chi connectivity index (χ2v) is 4.89. The van der Waals surface area contributed by atoms with Crippen LogP contribution in [-0.4, -0.2) is 19.4 Å². The molecule has 102 valence electrons. The molecule has 0 aliphatic carbocycles. The second-order valence-electron chi connectivity index (χ2n) is 4.04. The van der Waals surface area contributed by atoms with E-state index in [2.05, 4.69) is 0 Å². The molecule has 1 aromatic carbocycles. The van der Waals surface area contributed by atoms with Gasteiger partial charge in [0, 0.05) is 10.9 Å². The van der Waals surface area contributed by atoms with Gasteiger partial charge in [0.25, 0.3) is 0 Å². The van der Waals surface area contributed by atoms with Crippen molar-refractivity contribution in [2.45, 2.75) is 30.5 Å². The first kappa shape index (κ1) is 15.2. The molecule has 1 rings (SSSR count). The molecule has 0 bridgehead atoms. The average Bonchev–Trinajstić information content (AvgIpc) is 2.26. The van der Waals surface area contributed by atoms with Gasteiger partial charge in [-0.25, -0.2) is 0 Å². The van der Waals surface area contributed by atoms with E-state index in [0.717, 1.165) is 17.8 Å². The lowest BCUT2D eigenvalue weighted by Gasteiger charge is -2.17. The lowest BCUT2D eigenvalue weighted by atomic mass is 10.0. The molecule has 0 amide bonds. The fourth-order valence-corrected chi connectivity index (χ4v) is 2.34. The van der Waals surface area contributed by atoms with Crippen LogP contribution < -0.4 is 10.5 Å². The van der Waals surface area contributed by atoms with E-state index in [0.29, 0.717) is 12.0 Å². The molecule has 1 unspecified atom stereocenters. The maximum absolute atomic E-state index is 12.9. The molecule has 0 saturated heterocycles. The van der Waals surface area contributed by atoms with Gasteiger partial charge in [0.05, 0.1) is 12.7 Å². The van der Waals surface area contributed by atoms with Gasteiger partial charge in [-0.2, -0.15) is 13.2 Å². The summed E-state index contributed by atoms with van der Waals surface area (Å²) in [6, 6.07) is 2.42. The number of nitrogens with two attached hydrogens (primary N) is 1. The Morgan fingerprint density at radius 2 is 2.00 bits per heavy atom. The lowest BCUT2D eigenvalue weighted by molar-refractivity contribution is -0.139. The highest BCUT2D eigenvalue weighted by atomic mass is 32.2. The van der Waals surface area contributed by atoms with Gasteiger partial charge in [-0.1, -0.05) is 0 Å². The Morgan fingerprint density at radius 3 is 2.39 bits per heavy atom. The van der Waals surface area contributed by atoms with Gasteiger partial charge < -0.3 is 10.5 Å². The maximum Gasteiger partial charge on any atom is 0.417 e. The molecule has 0 spiro atoms. The molecule has 1 atom stereocenters. The number of alkyl halides is 3. The smallest absolute Gasteiger partial charge is 0.417 e. The third kappa shape index (κ3) is 3.55. The summed E-state index contributed by atoms with van der Waals surface area (Å²) >= 11 is 1.07. The van der Waals surface area contributed by atoms with Crippen LogP contribution in [0.25, 0.3) is 0 Å². The monoisotopic (exact) mass is 279 g/mol. The average molecular weight is 279 g/mol. The fraction of sp³-hybridized carbons (Fsp3) is 0.500. The van der Waals surface area contributed by atoms with Crippen LogP contribution in [0.15, 0.2) is 17.0 Å². The second kappa shape index (κ2) is 5.84. The summed E-state index contributed by atoms with van der Waals surface area (Å²) in [4.78, 5) is 0.193. The summed E-state index contributed by atoms with van der Waals surface area (Å²) < 4.78 is 43.6. The third-order valence-electron chi connectivity index (χ3n) is 2.45. The highest BCUT2D eigenvalue weighted by molar-refractivity contribution is 7.98. The van der Waals surface area contributed by atoms with E-state index >= 15 is 0 Å². The number of rotatable bonds is 4. The van der Waals surface area contributed by atoms with E-state index in [1.807, 2.05) is 0 Å². The molecule has 0 aliphatic heterocycles. The Kier molecular flexibility index (Phi) is 4.92. The molecule has 1 aromatic rings. The van der Waals surface area contributed by atoms with E-state index < -0.39 is 11.7 Å². The summed E-state index contributed by atoms with van der Waals surface area (Å²) in [7, 11) is 1.36. The van der Waals surface area contributed by atoms with Crippen LogP contribution in [-0.2, 0) is 12.6 Å². The first-order chi connectivity index (χ1) is 8.29.